The van der Waals surface area contributed by atoms with Gasteiger partial charge in [-0.25, -0.2) is 4.57 Å². The van der Waals surface area contributed by atoms with E-state index in [4.69, 9.17) is 0 Å². The van der Waals surface area contributed by atoms with Crippen LogP contribution in [0.25, 0.3) is 10.9 Å². The highest BCUT2D eigenvalue weighted by Gasteiger charge is 2.04. The third kappa shape index (κ3) is 1.42. The molecule has 2 aromatic rings. The lowest BCUT2D eigenvalue weighted by Crippen LogP contribution is -2.28. The molecule has 0 radical (unpaired) electrons. The zero-order valence-corrected chi connectivity index (χ0v) is 8.12. The largest absolute Gasteiger partial charge is 0.212 e. The molecule has 13 heavy (non-hydrogen) atoms. The van der Waals surface area contributed by atoms with Crippen molar-refractivity contribution in [3.05, 3.63) is 42.1 Å². The summed E-state index contributed by atoms with van der Waals surface area (Å²) in [7, 11) is 2.10. The standard InChI is InChI=1S/C12H14N/c1-3-10-8-11-6-4-5-7-12(11)13(2)9-10/h4-9H,3H2,1-2H3/q+1. The Labute approximate surface area is 78.6 Å². The van der Waals surface area contributed by atoms with E-state index in [2.05, 4.69) is 55.1 Å². The number of para-hydroxylation sites is 1. The van der Waals surface area contributed by atoms with Gasteiger partial charge in [0, 0.05) is 17.0 Å². The van der Waals surface area contributed by atoms with Crippen LogP contribution in [0.15, 0.2) is 36.5 Å². The second kappa shape index (κ2) is 3.17. The van der Waals surface area contributed by atoms with Gasteiger partial charge in [0.05, 0.1) is 0 Å². The minimum Gasteiger partial charge on any atom is -0.201 e. The summed E-state index contributed by atoms with van der Waals surface area (Å²) in [6, 6.07) is 10.7. The van der Waals surface area contributed by atoms with Crippen molar-refractivity contribution in [2.45, 2.75) is 13.3 Å². The summed E-state index contributed by atoms with van der Waals surface area (Å²) < 4.78 is 2.19. The molecule has 0 unspecified atom stereocenters. The summed E-state index contributed by atoms with van der Waals surface area (Å²) in [6.07, 6.45) is 3.29. The zero-order chi connectivity index (χ0) is 9.26. The van der Waals surface area contributed by atoms with Gasteiger partial charge in [-0.1, -0.05) is 19.1 Å². The smallest absolute Gasteiger partial charge is 0.201 e. The van der Waals surface area contributed by atoms with Crippen LogP contribution >= 0.6 is 0 Å². The first-order valence-electron chi connectivity index (χ1n) is 4.68. The van der Waals surface area contributed by atoms with E-state index < -0.39 is 0 Å². The molecule has 66 valence electrons. The number of hydrogen-bond donors (Lipinski definition) is 0. The quantitative estimate of drug-likeness (QED) is 0.581. The van der Waals surface area contributed by atoms with Gasteiger partial charge < -0.3 is 0 Å². The Morgan fingerprint density at radius 2 is 2.00 bits per heavy atom. The predicted octanol–water partition coefficient (Wildman–Crippen LogP) is 2.23. The van der Waals surface area contributed by atoms with Gasteiger partial charge >= 0.3 is 0 Å². The van der Waals surface area contributed by atoms with Gasteiger partial charge in [0.1, 0.15) is 7.05 Å². The maximum absolute atomic E-state index is 2.26. The molecule has 0 fully saturated rings. The Morgan fingerprint density at radius 1 is 1.23 bits per heavy atom. The van der Waals surface area contributed by atoms with Crippen molar-refractivity contribution in [1.29, 1.82) is 0 Å². The van der Waals surface area contributed by atoms with Crippen molar-refractivity contribution in [3.63, 3.8) is 0 Å². The van der Waals surface area contributed by atoms with E-state index in [1.54, 1.807) is 0 Å². The van der Waals surface area contributed by atoms with Crippen LogP contribution in [0.1, 0.15) is 12.5 Å². The lowest BCUT2D eigenvalue weighted by molar-refractivity contribution is -0.645. The SMILES string of the molecule is CCc1cc2ccccc2[n+](C)c1. The van der Waals surface area contributed by atoms with Gasteiger partial charge in [0.15, 0.2) is 6.20 Å². The Bertz CT molecular complexity index is 432. The molecule has 0 N–H and O–H groups in total. The Hall–Kier alpha value is -1.37. The van der Waals surface area contributed by atoms with Crippen molar-refractivity contribution >= 4 is 10.9 Å². The molecule has 1 aromatic heterocycles. The molecule has 0 aliphatic rings. The lowest BCUT2D eigenvalue weighted by atomic mass is 10.1. The van der Waals surface area contributed by atoms with Crippen LogP contribution in [0, 0.1) is 0 Å². The number of benzene rings is 1. The second-order valence-electron chi connectivity index (χ2n) is 3.37. The van der Waals surface area contributed by atoms with Gasteiger partial charge in [-0.3, -0.25) is 0 Å². The number of fused-ring (bicyclic) bond motifs is 1. The van der Waals surface area contributed by atoms with Gasteiger partial charge in [-0.2, -0.15) is 0 Å². The normalized spacial score (nSPS) is 10.6. The van der Waals surface area contributed by atoms with Crippen LogP contribution in [0.4, 0.5) is 0 Å². The fraction of sp³-hybridized carbons (Fsp3) is 0.250. The summed E-state index contributed by atoms with van der Waals surface area (Å²) in [5.41, 5.74) is 2.68. The van der Waals surface area contributed by atoms with Gasteiger partial charge in [-0.05, 0) is 18.6 Å². The van der Waals surface area contributed by atoms with Gasteiger partial charge in [-0.15, -0.1) is 0 Å². The molecule has 2 rings (SSSR count). The van der Waals surface area contributed by atoms with Crippen LogP contribution in [0.3, 0.4) is 0 Å². The van der Waals surface area contributed by atoms with Gasteiger partial charge in [0.25, 0.3) is 0 Å². The predicted molar refractivity (Wildman–Crippen MR) is 54.5 cm³/mol. The average molecular weight is 172 g/mol. The molecule has 1 nitrogen and oxygen atoms in total. The maximum atomic E-state index is 2.26. The van der Waals surface area contributed by atoms with E-state index in [1.807, 2.05) is 0 Å². The zero-order valence-electron chi connectivity index (χ0n) is 8.12. The van der Waals surface area contributed by atoms with E-state index in [0.29, 0.717) is 0 Å². The fourth-order valence-corrected chi connectivity index (χ4v) is 1.68. The number of pyridine rings is 1. The first kappa shape index (κ1) is 8.24. The van der Waals surface area contributed by atoms with E-state index in [-0.39, 0.29) is 0 Å². The molecule has 0 bridgehead atoms. The fourth-order valence-electron chi connectivity index (χ4n) is 1.68. The molecule has 0 aliphatic heterocycles. The number of nitrogens with zero attached hydrogens (tertiary/aromatic N) is 1. The molecule has 0 saturated carbocycles. The van der Waals surface area contributed by atoms with Gasteiger partial charge in [0.2, 0.25) is 5.52 Å². The highest BCUT2D eigenvalue weighted by atomic mass is 14.9. The molecule has 0 spiro atoms. The van der Waals surface area contributed by atoms with Crippen LogP contribution in [-0.2, 0) is 13.5 Å². The van der Waals surface area contributed by atoms with Crippen molar-refractivity contribution in [2.24, 2.45) is 7.05 Å². The van der Waals surface area contributed by atoms with Crippen molar-refractivity contribution in [2.75, 3.05) is 0 Å². The minimum atomic E-state index is 1.10. The average Bonchev–Trinajstić information content (AvgIpc) is 2.18. The summed E-state index contributed by atoms with van der Waals surface area (Å²) in [5.74, 6) is 0. The van der Waals surface area contributed by atoms with Crippen molar-refractivity contribution in [1.82, 2.24) is 0 Å². The summed E-state index contributed by atoms with van der Waals surface area (Å²) in [6.45, 7) is 2.18. The molecule has 0 saturated heterocycles. The van der Waals surface area contributed by atoms with E-state index in [0.717, 1.165) is 6.42 Å². The maximum Gasteiger partial charge on any atom is 0.212 e. The highest BCUT2D eigenvalue weighted by Crippen LogP contribution is 2.10. The van der Waals surface area contributed by atoms with Crippen LogP contribution in [-0.4, -0.2) is 0 Å². The summed E-state index contributed by atoms with van der Waals surface area (Å²) in [5, 5.41) is 1.32. The van der Waals surface area contributed by atoms with E-state index in [1.165, 1.54) is 16.5 Å². The van der Waals surface area contributed by atoms with Crippen molar-refractivity contribution < 1.29 is 4.57 Å². The molecular formula is C12H14N+. The Morgan fingerprint density at radius 3 is 2.77 bits per heavy atom. The van der Waals surface area contributed by atoms with E-state index >= 15 is 0 Å². The molecule has 0 atom stereocenters. The van der Waals surface area contributed by atoms with Crippen molar-refractivity contribution in [3.8, 4) is 0 Å². The molecule has 0 amide bonds. The van der Waals surface area contributed by atoms with Crippen LogP contribution in [0.2, 0.25) is 0 Å². The molecule has 1 heteroatoms. The second-order valence-corrected chi connectivity index (χ2v) is 3.37. The third-order valence-electron chi connectivity index (χ3n) is 2.43. The first-order chi connectivity index (χ1) is 6.31. The van der Waals surface area contributed by atoms with Crippen LogP contribution < -0.4 is 4.57 Å². The minimum absolute atomic E-state index is 1.10. The Balaban J connectivity index is 2.77. The number of aromatic nitrogens is 1. The molecule has 0 aliphatic carbocycles. The first-order valence-corrected chi connectivity index (χ1v) is 4.68. The number of aryl methyl sites for hydroxylation is 2. The monoisotopic (exact) mass is 172 g/mol. The van der Waals surface area contributed by atoms with Crippen LogP contribution in [0.5, 0.6) is 0 Å². The number of rotatable bonds is 1. The summed E-state index contributed by atoms with van der Waals surface area (Å²) >= 11 is 0. The third-order valence-corrected chi connectivity index (χ3v) is 2.43. The molecular weight excluding hydrogens is 158 g/mol. The highest BCUT2D eigenvalue weighted by molar-refractivity contribution is 5.75. The molecule has 1 aromatic carbocycles. The topological polar surface area (TPSA) is 3.88 Å². The number of hydrogen-bond acceptors (Lipinski definition) is 0. The molecule has 1 heterocycles. The lowest BCUT2D eigenvalue weighted by Gasteiger charge is -1.99. The summed E-state index contributed by atoms with van der Waals surface area (Å²) in [4.78, 5) is 0. The Kier molecular flexibility index (Phi) is 2.01. The van der Waals surface area contributed by atoms with E-state index in [9.17, 15) is 0 Å².